The Hall–Kier alpha value is -2.78. The van der Waals surface area contributed by atoms with Gasteiger partial charge in [-0.3, -0.25) is 19.8 Å². The van der Waals surface area contributed by atoms with Crippen LogP contribution in [0, 0.1) is 10.1 Å². The first-order valence-corrected chi connectivity index (χ1v) is 3.92. The molecule has 2 heterocycles. The highest BCUT2D eigenvalue weighted by molar-refractivity contribution is 5.91. The molecule has 0 spiro atoms. The van der Waals surface area contributed by atoms with Crippen LogP contribution < -0.4 is 0 Å². The number of carboxylic acid groups (broad SMARTS) is 1. The summed E-state index contributed by atoms with van der Waals surface area (Å²) in [6.45, 7) is 0. The van der Waals surface area contributed by atoms with Crippen molar-refractivity contribution < 1.29 is 14.8 Å². The van der Waals surface area contributed by atoms with Crippen LogP contribution >= 0.6 is 0 Å². The highest BCUT2D eigenvalue weighted by Gasteiger charge is 2.29. The number of nitro groups is 1. The van der Waals surface area contributed by atoms with Gasteiger partial charge >= 0.3 is 11.7 Å². The van der Waals surface area contributed by atoms with Crippen LogP contribution in [0.25, 0.3) is 5.82 Å². The lowest BCUT2D eigenvalue weighted by Crippen LogP contribution is -2.03. The van der Waals surface area contributed by atoms with Crippen molar-refractivity contribution in [1.82, 2.24) is 25.0 Å². The van der Waals surface area contributed by atoms with E-state index in [4.69, 9.17) is 5.11 Å². The lowest BCUT2D eigenvalue weighted by molar-refractivity contribution is -0.384. The van der Waals surface area contributed by atoms with Gasteiger partial charge in [0.05, 0.1) is 4.92 Å². The van der Waals surface area contributed by atoms with Crippen molar-refractivity contribution in [3.8, 4) is 5.82 Å². The summed E-state index contributed by atoms with van der Waals surface area (Å²) in [6, 6.07) is 0. The number of hydrogen-bond acceptors (Lipinski definition) is 6. The van der Waals surface area contributed by atoms with E-state index in [1.54, 1.807) is 0 Å². The maximum atomic E-state index is 10.7. The lowest BCUT2D eigenvalue weighted by Gasteiger charge is -1.94. The van der Waals surface area contributed by atoms with Crippen molar-refractivity contribution in [3.05, 3.63) is 28.5 Å². The smallest absolute Gasteiger partial charge is 0.361 e. The summed E-state index contributed by atoms with van der Waals surface area (Å²) in [5, 5.41) is 31.9. The van der Waals surface area contributed by atoms with Crippen molar-refractivity contribution in [3.63, 3.8) is 0 Å². The summed E-state index contributed by atoms with van der Waals surface area (Å²) in [5.74, 6) is -1.63. The van der Waals surface area contributed by atoms with Crippen molar-refractivity contribution in [2.45, 2.75) is 0 Å². The summed E-state index contributed by atoms with van der Waals surface area (Å²) in [5.41, 5.74) is -1.22. The van der Waals surface area contributed by atoms with Crippen LogP contribution in [0.5, 0.6) is 0 Å². The third-order valence-electron chi connectivity index (χ3n) is 1.78. The molecule has 82 valence electrons. The van der Waals surface area contributed by atoms with Gasteiger partial charge in [0.2, 0.25) is 11.5 Å². The molecule has 0 aliphatic heterocycles. The van der Waals surface area contributed by atoms with Gasteiger partial charge in [0, 0.05) is 0 Å². The largest absolute Gasteiger partial charge is 0.476 e. The second kappa shape index (κ2) is 3.42. The Morgan fingerprint density at radius 1 is 1.50 bits per heavy atom. The number of aromatic amines is 1. The SMILES string of the molecule is O=C(O)c1[nH]nc(-n2cnnc2)c1[N+](=O)[O-]. The summed E-state index contributed by atoms with van der Waals surface area (Å²) in [7, 11) is 0. The third-order valence-corrected chi connectivity index (χ3v) is 1.78. The van der Waals surface area contributed by atoms with Gasteiger partial charge < -0.3 is 5.11 Å². The second-order valence-electron chi connectivity index (χ2n) is 2.70. The van der Waals surface area contributed by atoms with Crippen LogP contribution in [0.2, 0.25) is 0 Å². The molecule has 0 aliphatic rings. The maximum Gasteiger partial charge on any atom is 0.361 e. The van der Waals surface area contributed by atoms with Crippen LogP contribution in [-0.2, 0) is 0 Å². The predicted octanol–water partition coefficient (Wildman–Crippen LogP) is -0.403. The molecule has 0 saturated carbocycles. The normalized spacial score (nSPS) is 10.2. The zero-order valence-corrected chi connectivity index (χ0v) is 7.56. The Balaban J connectivity index is 2.64. The summed E-state index contributed by atoms with van der Waals surface area (Å²) >= 11 is 0. The van der Waals surface area contributed by atoms with Gasteiger partial charge in [-0.05, 0) is 0 Å². The topological polar surface area (TPSA) is 140 Å². The summed E-state index contributed by atoms with van der Waals surface area (Å²) in [6.07, 6.45) is 2.35. The van der Waals surface area contributed by atoms with E-state index in [9.17, 15) is 14.9 Å². The molecule has 0 saturated heterocycles. The highest BCUT2D eigenvalue weighted by atomic mass is 16.6. The van der Waals surface area contributed by atoms with Crippen LogP contribution in [0.4, 0.5) is 5.69 Å². The molecule has 0 aromatic carbocycles. The molecule has 0 amide bonds. The molecule has 0 atom stereocenters. The average Bonchev–Trinajstić information content (AvgIpc) is 2.85. The standard InChI is InChI=1S/C6H4N6O4/c13-6(14)3-4(12(15)16)5(10-9-3)11-1-7-8-2-11/h1-2H,(H,9,10)(H,13,14). The fraction of sp³-hybridized carbons (Fsp3) is 0. The first kappa shape index (κ1) is 9.76. The van der Waals surface area contributed by atoms with E-state index in [2.05, 4.69) is 20.4 Å². The molecule has 0 radical (unpaired) electrons. The van der Waals surface area contributed by atoms with Crippen LogP contribution in [-0.4, -0.2) is 41.0 Å². The molecule has 0 aliphatic carbocycles. The quantitative estimate of drug-likeness (QED) is 0.533. The number of carboxylic acids is 1. The van der Waals surface area contributed by atoms with Gasteiger partial charge in [0.25, 0.3) is 0 Å². The summed E-state index contributed by atoms with van der Waals surface area (Å²) < 4.78 is 1.14. The van der Waals surface area contributed by atoms with E-state index in [0.29, 0.717) is 0 Å². The maximum absolute atomic E-state index is 10.7. The Morgan fingerprint density at radius 2 is 2.12 bits per heavy atom. The zero-order chi connectivity index (χ0) is 11.7. The van der Waals surface area contributed by atoms with E-state index in [0.717, 1.165) is 4.57 Å². The Morgan fingerprint density at radius 3 is 2.62 bits per heavy atom. The van der Waals surface area contributed by atoms with E-state index in [1.807, 2.05) is 0 Å². The molecule has 0 bridgehead atoms. The number of nitrogens with zero attached hydrogens (tertiary/aromatic N) is 5. The number of H-pyrrole nitrogens is 1. The zero-order valence-electron chi connectivity index (χ0n) is 7.56. The number of nitrogens with one attached hydrogen (secondary N) is 1. The number of carbonyl (C=O) groups is 1. The van der Waals surface area contributed by atoms with E-state index < -0.39 is 22.3 Å². The average molecular weight is 224 g/mol. The number of aromatic nitrogens is 5. The van der Waals surface area contributed by atoms with E-state index in [-0.39, 0.29) is 5.82 Å². The molecule has 2 aromatic heterocycles. The fourth-order valence-electron chi connectivity index (χ4n) is 1.14. The molecule has 0 fully saturated rings. The molecular formula is C6H4N6O4. The van der Waals surface area contributed by atoms with E-state index >= 15 is 0 Å². The molecule has 2 N–H and O–H groups in total. The molecule has 0 unspecified atom stereocenters. The minimum absolute atomic E-state index is 0.174. The Kier molecular flexibility index (Phi) is 2.08. The monoisotopic (exact) mass is 224 g/mol. The minimum Gasteiger partial charge on any atom is -0.476 e. The first-order chi connectivity index (χ1) is 7.61. The lowest BCUT2D eigenvalue weighted by atomic mass is 10.3. The number of hydrogen-bond donors (Lipinski definition) is 2. The number of rotatable bonds is 3. The van der Waals surface area contributed by atoms with Crippen LogP contribution in [0.15, 0.2) is 12.7 Å². The molecule has 10 heteroatoms. The Bertz CT molecular complexity index is 543. The van der Waals surface area contributed by atoms with Crippen molar-refractivity contribution >= 4 is 11.7 Å². The van der Waals surface area contributed by atoms with E-state index in [1.165, 1.54) is 12.7 Å². The van der Waals surface area contributed by atoms with Crippen molar-refractivity contribution in [2.75, 3.05) is 0 Å². The minimum atomic E-state index is -1.46. The van der Waals surface area contributed by atoms with Gasteiger partial charge in [-0.15, -0.1) is 15.3 Å². The van der Waals surface area contributed by atoms with Gasteiger partial charge in [0.1, 0.15) is 12.7 Å². The number of aromatic carboxylic acids is 1. The van der Waals surface area contributed by atoms with Gasteiger partial charge in [0.15, 0.2) is 0 Å². The van der Waals surface area contributed by atoms with Gasteiger partial charge in [-0.25, -0.2) is 4.79 Å². The summed E-state index contributed by atoms with van der Waals surface area (Å²) in [4.78, 5) is 20.6. The van der Waals surface area contributed by atoms with Crippen LogP contribution in [0.3, 0.4) is 0 Å². The predicted molar refractivity (Wildman–Crippen MR) is 47.1 cm³/mol. The molecular weight excluding hydrogens is 220 g/mol. The molecule has 16 heavy (non-hydrogen) atoms. The van der Waals surface area contributed by atoms with Crippen molar-refractivity contribution in [2.24, 2.45) is 0 Å². The third kappa shape index (κ3) is 1.37. The highest BCUT2D eigenvalue weighted by Crippen LogP contribution is 2.23. The Labute approximate surface area is 86.7 Å². The molecule has 10 nitrogen and oxygen atoms in total. The van der Waals surface area contributed by atoms with Gasteiger partial charge in [-0.2, -0.15) is 0 Å². The molecule has 2 aromatic rings. The fourth-order valence-corrected chi connectivity index (χ4v) is 1.14. The van der Waals surface area contributed by atoms with Gasteiger partial charge in [-0.1, -0.05) is 0 Å². The van der Waals surface area contributed by atoms with Crippen LogP contribution in [0.1, 0.15) is 10.5 Å². The molecule has 2 rings (SSSR count). The first-order valence-electron chi connectivity index (χ1n) is 3.92. The second-order valence-corrected chi connectivity index (χ2v) is 2.70. The van der Waals surface area contributed by atoms with Crippen molar-refractivity contribution in [1.29, 1.82) is 0 Å².